The SMILES string of the molecule is C[C@H]1[C@H]([Si](C)(C)F)[C@@H](CC(=O)N2CCC[C@H]2CO)O[C@]12C(=O)N(Cc1cccc(NC(=O)c3ccc(N)cc3)c1)c1ccc(Br)cc12. The summed E-state index contributed by atoms with van der Waals surface area (Å²) in [6, 6.07) is 19.3. The third-order valence-electron chi connectivity index (χ3n) is 9.91. The molecule has 3 aliphatic rings. The number of benzene rings is 3. The lowest BCUT2D eigenvalue weighted by Crippen LogP contribution is -2.45. The van der Waals surface area contributed by atoms with Gasteiger partial charge in [-0.2, -0.15) is 0 Å². The van der Waals surface area contributed by atoms with Gasteiger partial charge in [0.15, 0.2) is 5.60 Å². The van der Waals surface area contributed by atoms with Crippen LogP contribution in [-0.4, -0.2) is 61.4 Å². The summed E-state index contributed by atoms with van der Waals surface area (Å²) in [5.41, 5.74) is 7.33. The molecule has 1 spiro atoms. The van der Waals surface area contributed by atoms with E-state index in [0.717, 1.165) is 22.9 Å². The molecule has 2 saturated heterocycles. The fourth-order valence-electron chi connectivity index (χ4n) is 7.79. The van der Waals surface area contributed by atoms with E-state index in [-0.39, 0.29) is 43.3 Å². The molecule has 12 heteroatoms. The predicted molar refractivity (Wildman–Crippen MR) is 185 cm³/mol. The first-order valence-corrected chi connectivity index (χ1v) is 19.7. The highest BCUT2D eigenvalue weighted by molar-refractivity contribution is 9.10. The molecule has 4 N–H and O–H groups in total. The Labute approximate surface area is 283 Å². The van der Waals surface area contributed by atoms with Gasteiger partial charge in [-0.3, -0.25) is 14.4 Å². The van der Waals surface area contributed by atoms with Crippen molar-refractivity contribution < 1.29 is 28.3 Å². The van der Waals surface area contributed by atoms with Crippen molar-refractivity contribution in [2.24, 2.45) is 5.92 Å². The van der Waals surface area contributed by atoms with Gasteiger partial charge in [0, 0.05) is 45.0 Å². The molecule has 9 nitrogen and oxygen atoms in total. The molecule has 0 unspecified atom stereocenters. The zero-order valence-corrected chi connectivity index (χ0v) is 29.3. The molecule has 47 heavy (non-hydrogen) atoms. The number of nitrogen functional groups attached to an aromatic ring is 1. The third kappa shape index (κ3) is 6.12. The van der Waals surface area contributed by atoms with Gasteiger partial charge in [-0.05, 0) is 86.1 Å². The minimum Gasteiger partial charge on any atom is -0.399 e. The van der Waals surface area contributed by atoms with E-state index in [4.69, 9.17) is 10.5 Å². The lowest BCUT2D eigenvalue weighted by atomic mass is 9.82. The van der Waals surface area contributed by atoms with E-state index in [2.05, 4.69) is 21.2 Å². The monoisotopic (exact) mass is 722 g/mol. The summed E-state index contributed by atoms with van der Waals surface area (Å²) >= 11 is 3.56. The molecular formula is C35H40BrFN4O5Si. The number of halogens is 2. The molecule has 2 fully saturated rings. The molecule has 3 aliphatic heterocycles. The summed E-state index contributed by atoms with van der Waals surface area (Å²) < 4.78 is 23.8. The van der Waals surface area contributed by atoms with Crippen LogP contribution in [0.4, 0.5) is 21.2 Å². The minimum absolute atomic E-state index is 0.0556. The second kappa shape index (κ2) is 12.8. The first-order chi connectivity index (χ1) is 22.3. The van der Waals surface area contributed by atoms with Crippen LogP contribution in [0.15, 0.2) is 71.2 Å². The Balaban J connectivity index is 1.30. The summed E-state index contributed by atoms with van der Waals surface area (Å²) in [4.78, 5) is 44.5. The van der Waals surface area contributed by atoms with Crippen LogP contribution in [0.1, 0.15) is 47.7 Å². The number of nitrogens with two attached hydrogens (primary N) is 1. The third-order valence-corrected chi connectivity index (χ3v) is 12.9. The number of nitrogens with zero attached hydrogens (tertiary/aromatic N) is 2. The zero-order valence-electron chi connectivity index (χ0n) is 26.7. The van der Waals surface area contributed by atoms with Gasteiger partial charge in [0.05, 0.1) is 37.4 Å². The molecule has 3 aromatic carbocycles. The van der Waals surface area contributed by atoms with Crippen molar-refractivity contribution in [2.45, 2.75) is 69.1 Å². The number of rotatable bonds is 8. The number of likely N-dealkylation sites (tertiary alicyclic amines) is 1. The van der Waals surface area contributed by atoms with Gasteiger partial charge in [0.25, 0.3) is 11.8 Å². The van der Waals surface area contributed by atoms with Gasteiger partial charge in [-0.25, -0.2) is 0 Å². The first kappa shape index (κ1) is 33.3. The summed E-state index contributed by atoms with van der Waals surface area (Å²) in [6.07, 6.45) is 0.672. The highest BCUT2D eigenvalue weighted by atomic mass is 79.9. The molecular weight excluding hydrogens is 683 g/mol. The maximum absolute atomic E-state index is 16.2. The number of aliphatic hydroxyl groups is 1. The standard InChI is InChI=1S/C35H40BrFN4O5Si/c1-21-32(47(2,3)37)30(18-31(43)40-15-5-8-27(40)20-42)46-35(21)28-17-24(36)11-14-29(28)41(34(35)45)19-22-6-4-7-26(16-22)39-33(44)23-9-12-25(38)13-10-23/h4,6-7,9-14,16-17,21,27,30,32,42H,5,8,15,18-20,38H2,1-3H3,(H,39,44)/t21-,27-,30+,32-,35+/m0/s1. The predicted octanol–water partition coefficient (Wildman–Crippen LogP) is 5.98. The molecule has 0 aromatic heterocycles. The minimum atomic E-state index is -3.47. The van der Waals surface area contributed by atoms with Crippen LogP contribution in [0, 0.1) is 5.92 Å². The summed E-state index contributed by atoms with van der Waals surface area (Å²) in [6.45, 7) is 5.71. The molecule has 6 rings (SSSR count). The fourth-order valence-corrected chi connectivity index (χ4v) is 10.6. The number of nitrogens with one attached hydrogen (secondary N) is 1. The van der Waals surface area contributed by atoms with Crippen LogP contribution in [0.2, 0.25) is 18.6 Å². The van der Waals surface area contributed by atoms with Gasteiger partial charge in [0.1, 0.15) is 0 Å². The maximum Gasteiger partial charge on any atom is 0.264 e. The summed E-state index contributed by atoms with van der Waals surface area (Å²) in [7, 11) is -3.47. The van der Waals surface area contributed by atoms with Crippen LogP contribution < -0.4 is 16.0 Å². The number of anilines is 3. The fraction of sp³-hybridized carbons (Fsp3) is 0.400. The highest BCUT2D eigenvalue weighted by Gasteiger charge is 2.67. The largest absolute Gasteiger partial charge is 0.399 e. The van der Waals surface area contributed by atoms with Gasteiger partial charge < -0.3 is 34.8 Å². The van der Waals surface area contributed by atoms with Crippen molar-refractivity contribution in [3.8, 4) is 0 Å². The van der Waals surface area contributed by atoms with E-state index in [0.29, 0.717) is 34.7 Å². The summed E-state index contributed by atoms with van der Waals surface area (Å²) in [5.74, 6) is -1.32. The van der Waals surface area contributed by atoms with Crippen molar-refractivity contribution in [1.82, 2.24) is 4.90 Å². The van der Waals surface area contributed by atoms with Gasteiger partial charge in [-0.1, -0.05) is 35.0 Å². The van der Waals surface area contributed by atoms with Crippen LogP contribution in [0.5, 0.6) is 0 Å². The smallest absolute Gasteiger partial charge is 0.264 e. The van der Waals surface area contributed by atoms with E-state index in [1.165, 1.54) is 0 Å². The molecule has 0 aliphatic carbocycles. The average Bonchev–Trinajstić information content (AvgIpc) is 3.68. The molecule has 0 radical (unpaired) electrons. The second-order valence-corrected chi connectivity index (χ2v) is 18.1. The Morgan fingerprint density at radius 3 is 2.60 bits per heavy atom. The highest BCUT2D eigenvalue weighted by Crippen LogP contribution is 2.60. The number of ether oxygens (including phenoxy) is 1. The number of aliphatic hydroxyl groups excluding tert-OH is 1. The number of carbonyl (C=O) groups is 3. The van der Waals surface area contributed by atoms with Gasteiger partial charge in [0.2, 0.25) is 14.3 Å². The summed E-state index contributed by atoms with van der Waals surface area (Å²) in [5, 5.41) is 12.7. The van der Waals surface area contributed by atoms with E-state index in [9.17, 15) is 19.5 Å². The van der Waals surface area contributed by atoms with Crippen molar-refractivity contribution in [1.29, 1.82) is 0 Å². The first-order valence-electron chi connectivity index (χ1n) is 16.0. The van der Waals surface area contributed by atoms with Gasteiger partial charge in [-0.15, -0.1) is 0 Å². The van der Waals surface area contributed by atoms with E-state index in [1.54, 1.807) is 53.2 Å². The normalized spacial score (nSPS) is 25.4. The molecule has 248 valence electrons. The molecule has 0 saturated carbocycles. The number of fused-ring (bicyclic) bond motifs is 2. The molecule has 3 aromatic rings. The molecule has 3 amide bonds. The van der Waals surface area contributed by atoms with Crippen molar-refractivity contribution >= 4 is 59.1 Å². The van der Waals surface area contributed by atoms with E-state index < -0.39 is 31.6 Å². The maximum atomic E-state index is 16.2. The van der Waals surface area contributed by atoms with Crippen molar-refractivity contribution in [3.05, 3.63) is 87.9 Å². The van der Waals surface area contributed by atoms with Crippen LogP contribution >= 0.6 is 15.9 Å². The number of amides is 3. The Bertz CT molecular complexity index is 1700. The van der Waals surface area contributed by atoms with Gasteiger partial charge >= 0.3 is 0 Å². The van der Waals surface area contributed by atoms with Crippen molar-refractivity contribution in [3.63, 3.8) is 0 Å². The topological polar surface area (TPSA) is 125 Å². The van der Waals surface area contributed by atoms with Crippen molar-refractivity contribution in [2.75, 3.05) is 29.1 Å². The van der Waals surface area contributed by atoms with Crippen LogP contribution in [0.3, 0.4) is 0 Å². The number of hydrogen-bond acceptors (Lipinski definition) is 6. The Hall–Kier alpha value is -3.58. The van der Waals surface area contributed by atoms with E-state index in [1.807, 2.05) is 43.3 Å². The Morgan fingerprint density at radius 1 is 1.15 bits per heavy atom. The molecule has 5 atom stereocenters. The Morgan fingerprint density at radius 2 is 1.89 bits per heavy atom. The molecule has 0 bridgehead atoms. The Kier molecular flexibility index (Phi) is 9.07. The average molecular weight is 724 g/mol. The lowest BCUT2D eigenvalue weighted by molar-refractivity contribution is -0.150. The number of hydrogen-bond donors (Lipinski definition) is 3. The molecule has 3 heterocycles. The second-order valence-electron chi connectivity index (χ2n) is 13.4. The number of carbonyl (C=O) groups excluding carboxylic acids is 3. The zero-order chi connectivity index (χ0) is 33.7. The van der Waals surface area contributed by atoms with Crippen LogP contribution in [-0.2, 0) is 26.5 Å². The quantitative estimate of drug-likeness (QED) is 0.149. The van der Waals surface area contributed by atoms with E-state index >= 15 is 4.11 Å². The lowest BCUT2D eigenvalue weighted by Gasteiger charge is -2.31. The van der Waals surface area contributed by atoms with Crippen LogP contribution in [0.25, 0.3) is 0 Å².